The Kier molecular flexibility index (Phi) is 8.51. The first-order valence-electron chi connectivity index (χ1n) is 4.01. The van der Waals surface area contributed by atoms with Crippen LogP contribution in [-0.4, -0.2) is 42.7 Å². The molecule has 0 aliphatic heterocycles. The van der Waals surface area contributed by atoms with Crippen LogP contribution < -0.4 is 0 Å². The molecule has 1 unspecified atom stereocenters. The monoisotopic (exact) mass is 264 g/mol. The van der Waals surface area contributed by atoms with Crippen molar-refractivity contribution in [3.05, 3.63) is 0 Å². The van der Waals surface area contributed by atoms with E-state index < -0.39 is 12.7 Å². The molecule has 0 heterocycles. The highest BCUT2D eigenvalue weighted by Crippen LogP contribution is 2.16. The Labute approximate surface area is 99.0 Å². The minimum atomic E-state index is -3.24. The minimum Gasteiger partial charge on any atom is -0.371 e. The average Bonchev–Trinajstić information content (AvgIpc) is 2.14. The minimum absolute atomic E-state index is 0.101. The molecule has 0 bridgehead atoms. The molecule has 0 spiro atoms. The fourth-order valence-corrected chi connectivity index (χ4v) is 0.905. The van der Waals surface area contributed by atoms with E-state index in [1.165, 1.54) is 0 Å². The zero-order valence-electron chi connectivity index (χ0n) is 7.53. The van der Waals surface area contributed by atoms with E-state index in [1.54, 1.807) is 0 Å². The van der Waals surface area contributed by atoms with Crippen LogP contribution in [0.1, 0.15) is 0 Å². The Hall–Kier alpha value is 0.830. The number of rotatable bonds is 8. The van der Waals surface area contributed by atoms with E-state index in [9.17, 15) is 8.78 Å². The summed E-state index contributed by atoms with van der Waals surface area (Å²) in [6.45, 7) is -0.728. The highest BCUT2D eigenvalue weighted by molar-refractivity contribution is 7.84. The van der Waals surface area contributed by atoms with Gasteiger partial charge in [-0.1, -0.05) is 0 Å². The Balaban J connectivity index is 3.54. The molecule has 0 saturated heterocycles. The third-order valence-corrected chi connectivity index (χ3v) is 2.44. The molecule has 0 aliphatic rings. The van der Waals surface area contributed by atoms with Gasteiger partial charge in [0.15, 0.2) is 0 Å². The fraction of sp³-hybridized carbons (Fsp3) is 1.00. The third-order valence-electron chi connectivity index (χ3n) is 1.20. The van der Waals surface area contributed by atoms with E-state index in [0.717, 1.165) is 0 Å². The summed E-state index contributed by atoms with van der Waals surface area (Å²) >= 11 is 11.7. The van der Waals surface area contributed by atoms with Gasteiger partial charge in [0, 0.05) is 16.8 Å². The summed E-state index contributed by atoms with van der Waals surface area (Å²) in [6, 6.07) is 0. The number of hydrogen-bond acceptors (Lipinski definition) is 5. The quantitative estimate of drug-likeness (QED) is 0.580. The van der Waals surface area contributed by atoms with Gasteiger partial charge in [0.1, 0.15) is 6.61 Å². The Morgan fingerprint density at radius 3 is 2.43 bits per heavy atom. The molecule has 86 valence electrons. The predicted molar refractivity (Wildman–Crippen MR) is 62.2 cm³/mol. The van der Waals surface area contributed by atoms with Crippen LogP contribution in [0.15, 0.2) is 0 Å². The molecule has 0 aromatic rings. The van der Waals surface area contributed by atoms with Crippen molar-refractivity contribution in [3.8, 4) is 0 Å². The van der Waals surface area contributed by atoms with E-state index in [0.29, 0.717) is 5.75 Å². The Morgan fingerprint density at radius 2 is 1.93 bits per heavy atom. The molecule has 0 fully saturated rings. The highest BCUT2D eigenvalue weighted by atomic mass is 32.1. The summed E-state index contributed by atoms with van der Waals surface area (Å²) in [6.07, 6.45) is -3.24. The lowest BCUT2D eigenvalue weighted by molar-refractivity contribution is -0.261. The molecule has 0 aromatic heterocycles. The van der Waals surface area contributed by atoms with Gasteiger partial charge in [0.25, 0.3) is 0 Å². The van der Waals surface area contributed by atoms with Gasteiger partial charge >= 0.3 is 6.11 Å². The van der Waals surface area contributed by atoms with Crippen molar-refractivity contribution < 1.29 is 18.3 Å². The molecule has 14 heavy (non-hydrogen) atoms. The molecule has 0 saturated carbocycles. The summed E-state index contributed by atoms with van der Waals surface area (Å²) in [5, 5.41) is -0.140. The molecule has 0 amide bonds. The van der Waals surface area contributed by atoms with Crippen LogP contribution in [-0.2, 0) is 9.47 Å². The lowest BCUT2D eigenvalue weighted by Gasteiger charge is -2.17. The molecule has 0 aromatic carbocycles. The SMILES string of the molecule is FC(F)(COCC(S)CS)OCCS. The summed E-state index contributed by atoms with van der Waals surface area (Å²) in [4.78, 5) is 0. The standard InChI is InChI=1S/C7H14F2O2S3/c8-7(9,11-1-2-12)5-10-3-6(14)4-13/h6,12-14H,1-5H2. The Bertz CT molecular complexity index is 149. The lowest BCUT2D eigenvalue weighted by atomic mass is 10.5. The summed E-state index contributed by atoms with van der Waals surface area (Å²) in [7, 11) is 0. The maximum Gasteiger partial charge on any atom is 0.379 e. The summed E-state index contributed by atoms with van der Waals surface area (Å²) in [5.74, 6) is 0.730. The van der Waals surface area contributed by atoms with E-state index >= 15 is 0 Å². The lowest BCUT2D eigenvalue weighted by Crippen LogP contribution is -2.30. The molecular weight excluding hydrogens is 250 g/mol. The highest BCUT2D eigenvalue weighted by Gasteiger charge is 2.30. The van der Waals surface area contributed by atoms with Crippen LogP contribution in [0.3, 0.4) is 0 Å². The van der Waals surface area contributed by atoms with Crippen molar-refractivity contribution in [2.45, 2.75) is 11.4 Å². The van der Waals surface area contributed by atoms with Crippen LogP contribution in [0.25, 0.3) is 0 Å². The van der Waals surface area contributed by atoms with Crippen LogP contribution >= 0.6 is 37.9 Å². The third kappa shape index (κ3) is 8.16. The molecule has 0 rings (SSSR count). The van der Waals surface area contributed by atoms with Gasteiger partial charge in [-0.25, -0.2) is 0 Å². The molecule has 7 heteroatoms. The number of thiol groups is 3. The van der Waals surface area contributed by atoms with Gasteiger partial charge in [-0.2, -0.15) is 46.7 Å². The van der Waals surface area contributed by atoms with Gasteiger partial charge in [-0.15, -0.1) is 0 Å². The second kappa shape index (κ2) is 8.04. The number of halogens is 2. The molecule has 0 radical (unpaired) electrons. The van der Waals surface area contributed by atoms with Crippen molar-refractivity contribution in [1.82, 2.24) is 0 Å². The molecular formula is C7H14F2O2S3. The second-order valence-electron chi connectivity index (χ2n) is 2.56. The van der Waals surface area contributed by atoms with Gasteiger partial charge in [-0.05, 0) is 0 Å². The van der Waals surface area contributed by atoms with E-state index in [4.69, 9.17) is 4.74 Å². The fourth-order valence-electron chi connectivity index (χ4n) is 0.603. The molecule has 1 atom stereocenters. The van der Waals surface area contributed by atoms with E-state index in [-0.39, 0.29) is 24.2 Å². The smallest absolute Gasteiger partial charge is 0.371 e. The summed E-state index contributed by atoms with van der Waals surface area (Å²) in [5.41, 5.74) is 0. The van der Waals surface area contributed by atoms with Gasteiger partial charge in [0.2, 0.25) is 0 Å². The van der Waals surface area contributed by atoms with Crippen LogP contribution in [0.2, 0.25) is 0 Å². The van der Waals surface area contributed by atoms with Crippen molar-refractivity contribution >= 4 is 37.9 Å². The average molecular weight is 264 g/mol. The molecule has 0 N–H and O–H groups in total. The normalized spacial score (nSPS) is 14.4. The number of alkyl halides is 2. The van der Waals surface area contributed by atoms with E-state index in [1.807, 2.05) is 0 Å². The van der Waals surface area contributed by atoms with Crippen LogP contribution in [0.4, 0.5) is 8.78 Å². The maximum atomic E-state index is 12.7. The molecule has 2 nitrogen and oxygen atoms in total. The van der Waals surface area contributed by atoms with Crippen LogP contribution in [0, 0.1) is 0 Å². The number of ether oxygens (including phenoxy) is 2. The first-order valence-corrected chi connectivity index (χ1v) is 5.79. The Morgan fingerprint density at radius 1 is 1.29 bits per heavy atom. The second-order valence-corrected chi connectivity index (χ2v) is 4.10. The predicted octanol–water partition coefficient (Wildman–Crippen LogP) is 1.77. The maximum absolute atomic E-state index is 12.7. The van der Waals surface area contributed by atoms with Crippen molar-refractivity contribution in [3.63, 3.8) is 0 Å². The zero-order valence-corrected chi connectivity index (χ0v) is 10.2. The van der Waals surface area contributed by atoms with Gasteiger partial charge < -0.3 is 9.47 Å². The van der Waals surface area contributed by atoms with Gasteiger partial charge in [-0.3, -0.25) is 0 Å². The van der Waals surface area contributed by atoms with Crippen molar-refractivity contribution in [1.29, 1.82) is 0 Å². The van der Waals surface area contributed by atoms with Crippen LogP contribution in [0.5, 0.6) is 0 Å². The van der Waals surface area contributed by atoms with Gasteiger partial charge in [0.05, 0.1) is 13.2 Å². The van der Waals surface area contributed by atoms with Crippen molar-refractivity contribution in [2.75, 3.05) is 31.3 Å². The largest absolute Gasteiger partial charge is 0.379 e. The zero-order chi connectivity index (χ0) is 11.0. The van der Waals surface area contributed by atoms with E-state index in [2.05, 4.69) is 42.6 Å². The number of hydrogen-bond donors (Lipinski definition) is 3. The van der Waals surface area contributed by atoms with Crippen molar-refractivity contribution in [2.24, 2.45) is 0 Å². The topological polar surface area (TPSA) is 18.5 Å². The molecule has 0 aliphatic carbocycles. The first kappa shape index (κ1) is 14.8. The first-order chi connectivity index (χ1) is 6.52. The summed E-state index contributed by atoms with van der Waals surface area (Å²) < 4.78 is 34.4.